The molecule has 4 rings (SSSR count). The van der Waals surface area contributed by atoms with E-state index in [1.165, 1.54) is 19.3 Å². The van der Waals surface area contributed by atoms with E-state index >= 15 is 0 Å². The number of nitrogens with one attached hydrogen (secondary N) is 1. The van der Waals surface area contributed by atoms with Crippen LogP contribution >= 0.6 is 23.8 Å². The molecule has 0 bridgehead atoms. The van der Waals surface area contributed by atoms with Crippen molar-refractivity contribution in [2.45, 2.75) is 37.6 Å². The summed E-state index contributed by atoms with van der Waals surface area (Å²) in [4.78, 5) is 7.00. The number of benzene rings is 2. The van der Waals surface area contributed by atoms with E-state index in [1.807, 2.05) is 42.5 Å². The fourth-order valence-electron chi connectivity index (χ4n) is 3.90. The van der Waals surface area contributed by atoms with E-state index in [0.29, 0.717) is 10.1 Å². The van der Waals surface area contributed by atoms with E-state index in [9.17, 15) is 0 Å². The van der Waals surface area contributed by atoms with Gasteiger partial charge in [0.15, 0.2) is 0 Å². The molecule has 1 spiro atoms. The highest BCUT2D eigenvalue weighted by molar-refractivity contribution is 7.80. The second-order valence-corrected chi connectivity index (χ2v) is 7.38. The molecule has 1 heterocycles. The number of amidine groups is 1. The zero-order chi connectivity index (χ0) is 17.3. The fraction of sp³-hybridized carbons (Fsp3) is 0.300. The molecule has 0 aromatic heterocycles. The Kier molecular flexibility index (Phi) is 4.48. The first-order valence-corrected chi connectivity index (χ1v) is 9.49. The number of halogens is 1. The van der Waals surface area contributed by atoms with Crippen molar-refractivity contribution in [1.29, 1.82) is 0 Å². The van der Waals surface area contributed by atoms with E-state index in [1.54, 1.807) is 0 Å². The predicted octanol–water partition coefficient (Wildman–Crippen LogP) is 5.66. The van der Waals surface area contributed by atoms with Gasteiger partial charge in [-0.3, -0.25) is 0 Å². The number of rotatable bonds is 2. The molecular weight excluding hydrogens is 350 g/mol. The molecule has 0 saturated heterocycles. The second-order valence-electron chi connectivity index (χ2n) is 6.61. The minimum Gasteiger partial charge on any atom is -0.340 e. The number of aliphatic imine (C=N–C) groups is 1. The van der Waals surface area contributed by atoms with Crippen molar-refractivity contribution in [2.24, 2.45) is 4.99 Å². The predicted molar refractivity (Wildman–Crippen MR) is 110 cm³/mol. The van der Waals surface area contributed by atoms with Crippen molar-refractivity contribution >= 4 is 46.1 Å². The Morgan fingerprint density at radius 2 is 1.64 bits per heavy atom. The summed E-state index contributed by atoms with van der Waals surface area (Å²) >= 11 is 12.0. The molecule has 0 amide bonds. The van der Waals surface area contributed by atoms with Crippen LogP contribution in [-0.4, -0.2) is 16.5 Å². The minimum absolute atomic E-state index is 0.199. The zero-order valence-electron chi connectivity index (χ0n) is 13.9. The summed E-state index contributed by atoms with van der Waals surface area (Å²) in [7, 11) is 0. The van der Waals surface area contributed by atoms with Crippen LogP contribution in [0.3, 0.4) is 0 Å². The Hall–Kier alpha value is -1.91. The normalized spacial score (nSPS) is 19.2. The molecule has 3 nitrogen and oxygen atoms in total. The van der Waals surface area contributed by atoms with Gasteiger partial charge >= 0.3 is 0 Å². The van der Waals surface area contributed by atoms with Gasteiger partial charge < -0.3 is 10.2 Å². The topological polar surface area (TPSA) is 27.6 Å². The van der Waals surface area contributed by atoms with E-state index in [4.69, 9.17) is 28.8 Å². The maximum absolute atomic E-state index is 6.36. The number of hydrogen-bond donors (Lipinski definition) is 1. The van der Waals surface area contributed by atoms with Gasteiger partial charge in [0, 0.05) is 5.69 Å². The van der Waals surface area contributed by atoms with Crippen molar-refractivity contribution < 1.29 is 0 Å². The lowest BCUT2D eigenvalue weighted by Gasteiger charge is -2.42. The molecular formula is C20H20ClN3S. The lowest BCUT2D eigenvalue weighted by atomic mass is 9.79. The van der Waals surface area contributed by atoms with Crippen LogP contribution in [0.2, 0.25) is 5.02 Å². The molecule has 2 aromatic rings. The van der Waals surface area contributed by atoms with Crippen LogP contribution in [-0.2, 0) is 0 Å². The van der Waals surface area contributed by atoms with E-state index < -0.39 is 0 Å². The molecule has 2 aliphatic rings. The molecule has 1 fully saturated rings. The van der Waals surface area contributed by atoms with Crippen LogP contribution in [0.5, 0.6) is 0 Å². The van der Waals surface area contributed by atoms with E-state index in [0.717, 1.165) is 30.1 Å². The minimum atomic E-state index is -0.199. The number of hydrogen-bond acceptors (Lipinski definition) is 2. The molecule has 1 aliphatic heterocycles. The summed E-state index contributed by atoms with van der Waals surface area (Å²) in [5.74, 6) is 0.925. The maximum Gasteiger partial charge on any atom is 0.202 e. The molecule has 0 atom stereocenters. The Bertz CT molecular complexity index is 813. The Morgan fingerprint density at radius 3 is 2.36 bits per heavy atom. The molecule has 1 saturated carbocycles. The van der Waals surface area contributed by atoms with Gasteiger partial charge in [0.25, 0.3) is 0 Å². The van der Waals surface area contributed by atoms with Crippen LogP contribution in [0.1, 0.15) is 32.1 Å². The van der Waals surface area contributed by atoms with Crippen molar-refractivity contribution in [3.05, 3.63) is 59.6 Å². The third-order valence-electron chi connectivity index (χ3n) is 5.09. The maximum atomic E-state index is 6.36. The largest absolute Gasteiger partial charge is 0.340 e. The van der Waals surface area contributed by atoms with Crippen LogP contribution < -0.4 is 10.2 Å². The first-order valence-electron chi connectivity index (χ1n) is 8.71. The second kappa shape index (κ2) is 6.77. The monoisotopic (exact) mass is 369 g/mol. The number of anilines is 2. The van der Waals surface area contributed by atoms with Crippen molar-refractivity contribution in [2.75, 3.05) is 10.2 Å². The van der Waals surface area contributed by atoms with Gasteiger partial charge in [-0.05, 0) is 49.3 Å². The lowest BCUT2D eigenvalue weighted by Crippen LogP contribution is -2.55. The number of nitrogens with zero attached hydrogens (tertiary/aromatic N) is 2. The Labute approximate surface area is 158 Å². The first-order chi connectivity index (χ1) is 12.2. The third-order valence-corrected chi connectivity index (χ3v) is 5.69. The average Bonchev–Trinajstić information content (AvgIpc) is 2.89. The fourth-order valence-corrected chi connectivity index (χ4v) is 4.46. The summed E-state index contributed by atoms with van der Waals surface area (Å²) < 4.78 is 0. The zero-order valence-corrected chi connectivity index (χ0v) is 15.5. The summed E-state index contributed by atoms with van der Waals surface area (Å²) in [6, 6.07) is 18.1. The molecule has 1 N–H and O–H groups in total. The molecule has 5 heteroatoms. The van der Waals surface area contributed by atoms with Gasteiger partial charge in [-0.15, -0.1) is 0 Å². The SMILES string of the molecule is S=C1N=C(Nc2ccccc2Cl)C2(CCCCC2)N1c1ccccc1. The van der Waals surface area contributed by atoms with Crippen molar-refractivity contribution in [1.82, 2.24) is 0 Å². The molecule has 0 radical (unpaired) electrons. The molecule has 0 unspecified atom stereocenters. The number of thiocarbonyl (C=S) groups is 1. The Balaban J connectivity index is 1.75. The van der Waals surface area contributed by atoms with Crippen LogP contribution in [0.4, 0.5) is 11.4 Å². The van der Waals surface area contributed by atoms with Gasteiger partial charge in [-0.2, -0.15) is 0 Å². The highest BCUT2D eigenvalue weighted by Gasteiger charge is 2.49. The highest BCUT2D eigenvalue weighted by atomic mass is 35.5. The molecule has 128 valence electrons. The molecule has 25 heavy (non-hydrogen) atoms. The van der Waals surface area contributed by atoms with Gasteiger partial charge in [-0.25, -0.2) is 4.99 Å². The summed E-state index contributed by atoms with van der Waals surface area (Å²) in [6.45, 7) is 0. The van der Waals surface area contributed by atoms with Gasteiger partial charge in [0.05, 0.1) is 10.7 Å². The standard InChI is InChI=1S/C20H20ClN3S/c21-16-11-5-6-12-17(16)22-18-20(13-7-2-8-14-20)24(19(25)23-18)15-9-3-1-4-10-15/h1,3-6,9-12H,2,7-8,13-14H2,(H,22,23,25). The van der Waals surface area contributed by atoms with Crippen LogP contribution in [0.15, 0.2) is 59.6 Å². The number of para-hydroxylation sites is 2. The van der Waals surface area contributed by atoms with Gasteiger partial charge in [0.2, 0.25) is 5.11 Å². The van der Waals surface area contributed by atoms with E-state index in [2.05, 4.69) is 22.3 Å². The quantitative estimate of drug-likeness (QED) is 0.692. The molecule has 2 aromatic carbocycles. The Morgan fingerprint density at radius 1 is 0.960 bits per heavy atom. The van der Waals surface area contributed by atoms with Crippen molar-refractivity contribution in [3.63, 3.8) is 0 Å². The van der Waals surface area contributed by atoms with E-state index in [-0.39, 0.29) is 5.54 Å². The summed E-state index contributed by atoms with van der Waals surface area (Å²) in [6.07, 6.45) is 5.69. The smallest absolute Gasteiger partial charge is 0.202 e. The van der Waals surface area contributed by atoms with Gasteiger partial charge in [0.1, 0.15) is 11.4 Å². The third kappa shape index (κ3) is 2.94. The van der Waals surface area contributed by atoms with Crippen LogP contribution in [0, 0.1) is 0 Å². The highest BCUT2D eigenvalue weighted by Crippen LogP contribution is 2.42. The average molecular weight is 370 g/mol. The van der Waals surface area contributed by atoms with Crippen LogP contribution in [0.25, 0.3) is 0 Å². The van der Waals surface area contributed by atoms with Gasteiger partial charge in [-0.1, -0.05) is 61.2 Å². The summed E-state index contributed by atoms with van der Waals surface area (Å²) in [5, 5.41) is 4.81. The van der Waals surface area contributed by atoms with Crippen molar-refractivity contribution in [3.8, 4) is 0 Å². The molecule has 1 aliphatic carbocycles. The summed E-state index contributed by atoms with van der Waals surface area (Å²) in [5.41, 5.74) is 1.79. The lowest BCUT2D eigenvalue weighted by molar-refractivity contribution is 0.386. The first kappa shape index (κ1) is 16.6.